The van der Waals surface area contributed by atoms with Gasteiger partial charge in [0, 0.05) is 28.9 Å². The Bertz CT molecular complexity index is 1510. The number of benzene rings is 2. The molecule has 0 saturated carbocycles. The third-order valence-electron chi connectivity index (χ3n) is 6.31. The van der Waals surface area contributed by atoms with E-state index < -0.39 is 15.5 Å². The van der Waals surface area contributed by atoms with Crippen LogP contribution in [0.25, 0.3) is 22.2 Å². The van der Waals surface area contributed by atoms with E-state index in [1.807, 2.05) is 12.1 Å². The molecule has 9 heteroatoms. The summed E-state index contributed by atoms with van der Waals surface area (Å²) in [5, 5.41) is 1.14. The van der Waals surface area contributed by atoms with Crippen LogP contribution in [0.2, 0.25) is 0 Å². The van der Waals surface area contributed by atoms with Crippen LogP contribution in [0.15, 0.2) is 60.7 Å². The minimum Gasteiger partial charge on any atom is -0.325 e. The Kier molecular flexibility index (Phi) is 7.64. The first-order valence-electron chi connectivity index (χ1n) is 12.3. The van der Waals surface area contributed by atoms with E-state index in [4.69, 9.17) is 4.98 Å². The van der Waals surface area contributed by atoms with E-state index in [1.165, 1.54) is 23.4 Å². The van der Waals surface area contributed by atoms with Gasteiger partial charge >= 0.3 is 15.5 Å². The minimum absolute atomic E-state index is 0.127. The molecule has 0 unspecified atom stereocenters. The monoisotopic (exact) mass is 529 g/mol. The normalized spacial score (nSPS) is 12.3. The Labute approximate surface area is 215 Å². The molecule has 0 aliphatic heterocycles. The average molecular weight is 530 g/mol. The summed E-state index contributed by atoms with van der Waals surface area (Å²) in [4.78, 5) is 4.96. The highest BCUT2D eigenvalue weighted by molar-refractivity contribution is 7.93. The van der Waals surface area contributed by atoms with Gasteiger partial charge in [-0.15, -0.1) is 0 Å². The van der Waals surface area contributed by atoms with Gasteiger partial charge < -0.3 is 4.57 Å². The number of hydrogen-bond donors (Lipinski definition) is 1. The fraction of sp³-hybridized carbons (Fsp3) is 0.321. The largest absolute Gasteiger partial charge is 0.516 e. The summed E-state index contributed by atoms with van der Waals surface area (Å²) in [6.45, 7) is 6.99. The van der Waals surface area contributed by atoms with Crippen LogP contribution in [0.1, 0.15) is 49.2 Å². The molecule has 2 aromatic carbocycles. The van der Waals surface area contributed by atoms with E-state index in [9.17, 15) is 21.6 Å². The van der Waals surface area contributed by atoms with Crippen molar-refractivity contribution in [2.45, 2.75) is 58.5 Å². The fourth-order valence-electron chi connectivity index (χ4n) is 4.52. The van der Waals surface area contributed by atoms with Gasteiger partial charge in [-0.3, -0.25) is 4.72 Å². The maximum atomic E-state index is 12.9. The number of rotatable bonds is 9. The Morgan fingerprint density at radius 1 is 0.946 bits per heavy atom. The topological polar surface area (TPSA) is 64.0 Å². The van der Waals surface area contributed by atoms with Crippen LogP contribution < -0.4 is 4.72 Å². The number of para-hydroxylation sites is 1. The van der Waals surface area contributed by atoms with Crippen LogP contribution in [0.5, 0.6) is 0 Å². The lowest BCUT2D eigenvalue weighted by Gasteiger charge is -2.15. The Morgan fingerprint density at radius 3 is 2.27 bits per heavy atom. The van der Waals surface area contributed by atoms with Crippen molar-refractivity contribution in [3.05, 3.63) is 83.2 Å². The van der Waals surface area contributed by atoms with E-state index in [2.05, 4.69) is 37.5 Å². The molecule has 0 aliphatic rings. The Morgan fingerprint density at radius 2 is 1.62 bits per heavy atom. The second-order valence-electron chi connectivity index (χ2n) is 9.18. The predicted molar refractivity (Wildman–Crippen MR) is 142 cm³/mol. The summed E-state index contributed by atoms with van der Waals surface area (Å²) in [6, 6.07) is 17.8. The van der Waals surface area contributed by atoms with Gasteiger partial charge in [-0.05, 0) is 54.7 Å². The number of nitrogens with zero attached hydrogens (tertiary/aromatic N) is 2. The summed E-state index contributed by atoms with van der Waals surface area (Å²) >= 11 is 0. The van der Waals surface area contributed by atoms with Crippen LogP contribution in [0.4, 0.5) is 18.9 Å². The molecule has 0 aliphatic carbocycles. The number of hydrogen-bond acceptors (Lipinski definition) is 3. The molecule has 4 rings (SSSR count). The Hall–Kier alpha value is -3.33. The highest BCUT2D eigenvalue weighted by atomic mass is 32.2. The van der Waals surface area contributed by atoms with Crippen LogP contribution >= 0.6 is 0 Å². The maximum absolute atomic E-state index is 12.9. The van der Waals surface area contributed by atoms with Crippen molar-refractivity contribution in [3.8, 4) is 11.1 Å². The van der Waals surface area contributed by atoms with Gasteiger partial charge in [0.2, 0.25) is 0 Å². The zero-order chi connectivity index (χ0) is 26.8. The van der Waals surface area contributed by atoms with Crippen LogP contribution in [-0.4, -0.2) is 23.5 Å². The molecule has 0 bridgehead atoms. The number of aryl methyl sites for hydroxylation is 3. The van der Waals surface area contributed by atoms with E-state index in [-0.39, 0.29) is 5.69 Å². The lowest BCUT2D eigenvalue weighted by atomic mass is 10.0. The van der Waals surface area contributed by atoms with Gasteiger partial charge in [-0.1, -0.05) is 69.2 Å². The lowest BCUT2D eigenvalue weighted by Crippen LogP contribution is -2.30. The third-order valence-corrected chi connectivity index (χ3v) is 7.40. The number of nitrogens with one attached hydrogen (secondary N) is 1. The van der Waals surface area contributed by atoms with Crippen LogP contribution in [0, 0.1) is 6.92 Å². The molecule has 0 radical (unpaired) electrons. The summed E-state index contributed by atoms with van der Waals surface area (Å²) < 4.78 is 66.0. The van der Waals surface area contributed by atoms with Crippen LogP contribution in [0.3, 0.4) is 0 Å². The number of anilines is 1. The molecule has 4 aromatic rings. The van der Waals surface area contributed by atoms with E-state index in [0.717, 1.165) is 48.0 Å². The molecule has 0 spiro atoms. The minimum atomic E-state index is -5.53. The quantitative estimate of drug-likeness (QED) is 0.249. The number of aromatic nitrogens is 2. The van der Waals surface area contributed by atoms with Crippen molar-refractivity contribution in [2.24, 2.45) is 0 Å². The number of sulfonamides is 1. The highest BCUT2D eigenvalue weighted by Gasteiger charge is 2.46. The van der Waals surface area contributed by atoms with Gasteiger partial charge in [-0.25, -0.2) is 4.98 Å². The van der Waals surface area contributed by atoms with Crippen molar-refractivity contribution in [2.75, 3.05) is 4.72 Å². The molecule has 0 fully saturated rings. The molecule has 5 nitrogen and oxygen atoms in total. The molecule has 2 heterocycles. The van der Waals surface area contributed by atoms with E-state index in [1.54, 1.807) is 29.0 Å². The van der Waals surface area contributed by atoms with Gasteiger partial charge in [0.25, 0.3) is 0 Å². The second-order valence-corrected chi connectivity index (χ2v) is 10.9. The number of fused-ring (bicyclic) bond motifs is 1. The lowest BCUT2D eigenvalue weighted by molar-refractivity contribution is -0.0429. The maximum Gasteiger partial charge on any atom is 0.516 e. The zero-order valence-corrected chi connectivity index (χ0v) is 21.9. The summed E-state index contributed by atoms with van der Waals surface area (Å²) in [5.74, 6) is 0. The van der Waals surface area contributed by atoms with Crippen molar-refractivity contribution in [1.82, 2.24) is 9.55 Å². The molecular formula is C28H30F3N3O2S. The number of alkyl halides is 3. The third kappa shape index (κ3) is 5.66. The molecular weight excluding hydrogens is 499 g/mol. The summed E-state index contributed by atoms with van der Waals surface area (Å²) in [6.07, 6.45) is 3.85. The van der Waals surface area contributed by atoms with Gasteiger partial charge in [0.15, 0.2) is 0 Å². The van der Waals surface area contributed by atoms with Crippen molar-refractivity contribution >= 4 is 26.7 Å². The first-order valence-corrected chi connectivity index (χ1v) is 13.8. The first kappa shape index (κ1) is 26.7. The predicted octanol–water partition coefficient (Wildman–Crippen LogP) is 7.23. The van der Waals surface area contributed by atoms with Crippen molar-refractivity contribution in [1.29, 1.82) is 0 Å². The molecule has 1 N–H and O–H groups in total. The smallest absolute Gasteiger partial charge is 0.325 e. The van der Waals surface area contributed by atoms with Crippen molar-refractivity contribution < 1.29 is 21.6 Å². The molecule has 2 aromatic heterocycles. The second kappa shape index (κ2) is 10.6. The first-order chi connectivity index (χ1) is 17.5. The number of pyridine rings is 1. The van der Waals surface area contributed by atoms with Gasteiger partial charge in [-0.2, -0.15) is 21.6 Å². The zero-order valence-electron chi connectivity index (χ0n) is 21.1. The van der Waals surface area contributed by atoms with Crippen LogP contribution in [-0.2, 0) is 29.4 Å². The standard InChI is InChI=1S/C28H30F3N3O2S/c1-4-8-22-16-19(3)25-17-23(9-5-2)34(27(25)32-22)18-20-12-14-21(15-13-20)24-10-6-7-11-26(24)33-37(35,36)28(29,30)31/h6-7,10-17,33H,4-5,8-9,18H2,1-3H3. The molecule has 196 valence electrons. The molecule has 0 amide bonds. The molecule has 0 saturated heterocycles. The van der Waals surface area contributed by atoms with E-state index >= 15 is 0 Å². The highest BCUT2D eigenvalue weighted by Crippen LogP contribution is 2.33. The average Bonchev–Trinajstić information content (AvgIpc) is 3.17. The van der Waals surface area contributed by atoms with E-state index in [0.29, 0.717) is 17.7 Å². The Balaban J connectivity index is 1.68. The summed E-state index contributed by atoms with van der Waals surface area (Å²) in [5.41, 5.74) is 0.894. The molecule has 37 heavy (non-hydrogen) atoms. The summed E-state index contributed by atoms with van der Waals surface area (Å²) in [7, 11) is -5.53. The fourth-order valence-corrected chi connectivity index (χ4v) is 5.10. The van der Waals surface area contributed by atoms with Crippen molar-refractivity contribution in [3.63, 3.8) is 0 Å². The van der Waals surface area contributed by atoms with Gasteiger partial charge in [0.1, 0.15) is 5.65 Å². The SMILES string of the molecule is CCCc1cc(C)c2cc(CCC)n(Cc3ccc(-c4ccccc4NS(=O)(=O)C(F)(F)F)cc3)c2n1. The number of halogens is 3. The van der Waals surface area contributed by atoms with Gasteiger partial charge in [0.05, 0.1) is 5.69 Å². The molecule has 0 atom stereocenters.